The Morgan fingerprint density at radius 2 is 1.91 bits per heavy atom. The van der Waals surface area contributed by atoms with E-state index >= 15 is 0 Å². The van der Waals surface area contributed by atoms with E-state index < -0.39 is 12.0 Å². The molecule has 32 heavy (non-hydrogen) atoms. The third-order valence-corrected chi connectivity index (χ3v) is 6.11. The number of likely N-dealkylation sites (tertiary alicyclic amines) is 1. The summed E-state index contributed by atoms with van der Waals surface area (Å²) in [6.07, 6.45) is 3.75. The Labute approximate surface area is 188 Å². The Hall–Kier alpha value is -3.61. The lowest BCUT2D eigenvalue weighted by Crippen LogP contribution is -2.37. The number of nitrogens with zero attached hydrogens (tertiary/aromatic N) is 3. The van der Waals surface area contributed by atoms with E-state index in [4.69, 9.17) is 4.74 Å². The van der Waals surface area contributed by atoms with Crippen molar-refractivity contribution in [1.29, 1.82) is 0 Å². The maximum Gasteiger partial charge on any atom is 0.226 e. The van der Waals surface area contributed by atoms with E-state index in [0.717, 1.165) is 11.1 Å². The lowest BCUT2D eigenvalue weighted by Gasteiger charge is -2.25. The standard InChI is InChI=1S/C25H28N4O3/c1-17(18-8-5-4-6-9-18)29-16-20(15-22(29)30)25(31)27-23(24-26-12-13-28(24)2)19-10-7-11-21(14-19)32-3/h4-14,17,20,23H,15-16H2,1-3H3,(H,27,31). The van der Waals surface area contributed by atoms with Crippen molar-refractivity contribution < 1.29 is 14.3 Å². The molecular formula is C25H28N4O3. The molecule has 0 aliphatic carbocycles. The number of ether oxygens (including phenoxy) is 1. The molecule has 166 valence electrons. The van der Waals surface area contributed by atoms with Gasteiger partial charge >= 0.3 is 0 Å². The first-order chi connectivity index (χ1) is 15.5. The Kier molecular flexibility index (Phi) is 6.25. The number of imidazole rings is 1. The summed E-state index contributed by atoms with van der Waals surface area (Å²) in [6, 6.07) is 16.9. The minimum atomic E-state index is -0.451. The van der Waals surface area contributed by atoms with Crippen molar-refractivity contribution >= 4 is 11.8 Å². The SMILES string of the molecule is COc1cccc(C(NC(=O)C2CC(=O)N(C(C)c3ccccc3)C2)c2nccn2C)c1. The molecule has 3 atom stereocenters. The second kappa shape index (κ2) is 9.26. The lowest BCUT2D eigenvalue weighted by molar-refractivity contribution is -0.130. The van der Waals surface area contributed by atoms with Crippen molar-refractivity contribution in [2.45, 2.75) is 25.4 Å². The van der Waals surface area contributed by atoms with Crippen LogP contribution in [0.15, 0.2) is 67.0 Å². The van der Waals surface area contributed by atoms with Crippen LogP contribution >= 0.6 is 0 Å². The van der Waals surface area contributed by atoms with E-state index in [1.165, 1.54) is 0 Å². The van der Waals surface area contributed by atoms with Crippen LogP contribution in [0.4, 0.5) is 0 Å². The van der Waals surface area contributed by atoms with Crippen molar-refractivity contribution in [1.82, 2.24) is 19.8 Å². The van der Waals surface area contributed by atoms with Crippen LogP contribution in [0, 0.1) is 5.92 Å². The molecule has 1 fully saturated rings. The first-order valence-electron chi connectivity index (χ1n) is 10.7. The molecule has 3 unspecified atom stereocenters. The molecule has 1 aliphatic heterocycles. The molecule has 1 aliphatic rings. The molecule has 0 saturated carbocycles. The number of aryl methyl sites for hydroxylation is 1. The van der Waals surface area contributed by atoms with Crippen LogP contribution in [0.5, 0.6) is 5.75 Å². The second-order valence-corrected chi connectivity index (χ2v) is 8.15. The van der Waals surface area contributed by atoms with Gasteiger partial charge in [0, 0.05) is 32.4 Å². The molecule has 3 aromatic rings. The van der Waals surface area contributed by atoms with Crippen molar-refractivity contribution in [3.63, 3.8) is 0 Å². The monoisotopic (exact) mass is 432 g/mol. The second-order valence-electron chi connectivity index (χ2n) is 8.15. The molecule has 0 spiro atoms. The first-order valence-corrected chi connectivity index (χ1v) is 10.7. The van der Waals surface area contributed by atoms with Gasteiger partial charge in [0.25, 0.3) is 0 Å². The van der Waals surface area contributed by atoms with Crippen LogP contribution in [0.2, 0.25) is 0 Å². The average molecular weight is 433 g/mol. The van der Waals surface area contributed by atoms with Gasteiger partial charge in [0.2, 0.25) is 11.8 Å². The van der Waals surface area contributed by atoms with Gasteiger partial charge in [0.05, 0.1) is 19.1 Å². The largest absolute Gasteiger partial charge is 0.497 e. The van der Waals surface area contributed by atoms with E-state index in [1.54, 1.807) is 18.2 Å². The van der Waals surface area contributed by atoms with Crippen molar-refractivity contribution in [3.05, 3.63) is 83.9 Å². The summed E-state index contributed by atoms with van der Waals surface area (Å²) in [6.45, 7) is 2.40. The fraction of sp³-hybridized carbons (Fsp3) is 0.320. The van der Waals surface area contributed by atoms with Crippen molar-refractivity contribution in [2.24, 2.45) is 13.0 Å². The summed E-state index contributed by atoms with van der Waals surface area (Å²) in [5.74, 6) is 0.843. The van der Waals surface area contributed by atoms with E-state index in [9.17, 15) is 9.59 Å². The van der Waals surface area contributed by atoms with Crippen LogP contribution in [0.3, 0.4) is 0 Å². The molecule has 2 amide bonds. The molecule has 1 N–H and O–H groups in total. The number of rotatable bonds is 7. The zero-order valence-corrected chi connectivity index (χ0v) is 18.6. The Balaban J connectivity index is 1.54. The highest BCUT2D eigenvalue weighted by atomic mass is 16.5. The van der Waals surface area contributed by atoms with E-state index in [0.29, 0.717) is 18.1 Å². The third kappa shape index (κ3) is 4.37. The lowest BCUT2D eigenvalue weighted by atomic mass is 10.0. The fourth-order valence-corrected chi connectivity index (χ4v) is 4.23. The van der Waals surface area contributed by atoms with Gasteiger partial charge in [0.1, 0.15) is 17.6 Å². The molecule has 7 heteroatoms. The molecule has 1 aromatic heterocycles. The molecule has 0 radical (unpaired) electrons. The van der Waals surface area contributed by atoms with Gasteiger partial charge in [0.15, 0.2) is 0 Å². The number of carbonyl (C=O) groups excluding carboxylic acids is 2. The van der Waals surface area contributed by atoms with Gasteiger partial charge in [-0.2, -0.15) is 0 Å². The number of methoxy groups -OCH3 is 1. The molecule has 4 rings (SSSR count). The number of hydrogen-bond donors (Lipinski definition) is 1. The van der Waals surface area contributed by atoms with Crippen LogP contribution in [0.25, 0.3) is 0 Å². The Morgan fingerprint density at radius 1 is 1.16 bits per heavy atom. The van der Waals surface area contributed by atoms with E-state index in [2.05, 4.69) is 10.3 Å². The number of carbonyl (C=O) groups is 2. The Bertz CT molecular complexity index is 1100. The fourth-order valence-electron chi connectivity index (χ4n) is 4.23. The van der Waals surface area contributed by atoms with Gasteiger partial charge in [-0.15, -0.1) is 0 Å². The maximum absolute atomic E-state index is 13.3. The number of hydrogen-bond acceptors (Lipinski definition) is 4. The maximum atomic E-state index is 13.3. The van der Waals surface area contributed by atoms with Crippen LogP contribution in [-0.4, -0.2) is 39.9 Å². The zero-order valence-electron chi connectivity index (χ0n) is 18.6. The van der Waals surface area contributed by atoms with Crippen LogP contribution in [-0.2, 0) is 16.6 Å². The number of nitrogens with one attached hydrogen (secondary N) is 1. The number of amides is 2. The normalized spacial score (nSPS) is 17.8. The smallest absolute Gasteiger partial charge is 0.226 e. The van der Waals surface area contributed by atoms with E-state index in [-0.39, 0.29) is 24.3 Å². The molecule has 0 bridgehead atoms. The van der Waals surface area contributed by atoms with Gasteiger partial charge in [-0.25, -0.2) is 4.98 Å². The summed E-state index contributed by atoms with van der Waals surface area (Å²) in [4.78, 5) is 32.3. The molecule has 2 aromatic carbocycles. The summed E-state index contributed by atoms with van der Waals surface area (Å²) >= 11 is 0. The van der Waals surface area contributed by atoms with Gasteiger partial charge in [-0.3, -0.25) is 9.59 Å². The van der Waals surface area contributed by atoms with Crippen LogP contribution in [0.1, 0.15) is 42.4 Å². The highest BCUT2D eigenvalue weighted by Gasteiger charge is 2.38. The number of benzene rings is 2. The summed E-state index contributed by atoms with van der Waals surface area (Å²) in [5, 5.41) is 3.13. The van der Waals surface area contributed by atoms with Gasteiger partial charge in [-0.1, -0.05) is 42.5 Å². The quantitative estimate of drug-likeness (QED) is 0.622. The predicted molar refractivity (Wildman–Crippen MR) is 121 cm³/mol. The highest BCUT2D eigenvalue weighted by molar-refractivity contribution is 5.89. The number of aromatic nitrogens is 2. The minimum absolute atomic E-state index is 0.00331. The molecular weight excluding hydrogens is 404 g/mol. The molecule has 2 heterocycles. The van der Waals surface area contributed by atoms with Crippen LogP contribution < -0.4 is 10.1 Å². The molecule has 1 saturated heterocycles. The van der Waals surface area contributed by atoms with E-state index in [1.807, 2.05) is 79.3 Å². The van der Waals surface area contributed by atoms with Gasteiger partial charge < -0.3 is 19.5 Å². The summed E-state index contributed by atoms with van der Waals surface area (Å²) < 4.78 is 7.25. The summed E-state index contributed by atoms with van der Waals surface area (Å²) in [7, 11) is 3.50. The average Bonchev–Trinajstić information content (AvgIpc) is 3.43. The molecule has 7 nitrogen and oxygen atoms in total. The topological polar surface area (TPSA) is 76.5 Å². The van der Waals surface area contributed by atoms with Crippen molar-refractivity contribution in [2.75, 3.05) is 13.7 Å². The minimum Gasteiger partial charge on any atom is -0.497 e. The highest BCUT2D eigenvalue weighted by Crippen LogP contribution is 2.30. The van der Waals surface area contributed by atoms with Gasteiger partial charge in [-0.05, 0) is 30.2 Å². The van der Waals surface area contributed by atoms with Crippen molar-refractivity contribution in [3.8, 4) is 5.75 Å². The zero-order chi connectivity index (χ0) is 22.7. The summed E-state index contributed by atoms with van der Waals surface area (Å²) in [5.41, 5.74) is 1.93. The predicted octanol–water partition coefficient (Wildman–Crippen LogP) is 3.24. The first kappa shape index (κ1) is 21.6. The Morgan fingerprint density at radius 3 is 2.59 bits per heavy atom. The third-order valence-electron chi connectivity index (χ3n) is 6.11.